The van der Waals surface area contributed by atoms with Gasteiger partial charge in [0.05, 0.1) is 3.79 Å². The fourth-order valence-electron chi connectivity index (χ4n) is 2.99. The lowest BCUT2D eigenvalue weighted by atomic mass is 9.92. The Labute approximate surface area is 132 Å². The van der Waals surface area contributed by atoms with Crippen LogP contribution in [0.25, 0.3) is 0 Å². The van der Waals surface area contributed by atoms with E-state index in [1.165, 1.54) is 18.4 Å². The molecule has 2 aliphatic rings. The highest BCUT2D eigenvalue weighted by atomic mass is 79.9. The summed E-state index contributed by atoms with van der Waals surface area (Å²) in [4.78, 5) is 15.0. The van der Waals surface area contributed by atoms with E-state index < -0.39 is 0 Å². The molecule has 3 rings (SSSR count). The van der Waals surface area contributed by atoms with E-state index in [1.54, 1.807) is 11.3 Å². The molecule has 0 spiro atoms. The number of nitrogens with zero attached hydrogens (tertiary/aromatic N) is 1. The van der Waals surface area contributed by atoms with Crippen LogP contribution in [0.5, 0.6) is 0 Å². The zero-order valence-corrected chi connectivity index (χ0v) is 14.2. The van der Waals surface area contributed by atoms with E-state index in [9.17, 15) is 4.79 Å². The number of piperidine rings is 1. The Kier molecular flexibility index (Phi) is 4.48. The predicted molar refractivity (Wildman–Crippen MR) is 85.8 cm³/mol. The van der Waals surface area contributed by atoms with Gasteiger partial charge in [0.25, 0.3) is 0 Å². The van der Waals surface area contributed by atoms with Crippen molar-refractivity contribution in [3.8, 4) is 0 Å². The van der Waals surface area contributed by atoms with Gasteiger partial charge in [0.15, 0.2) is 0 Å². The van der Waals surface area contributed by atoms with Gasteiger partial charge in [-0.2, -0.15) is 0 Å². The summed E-state index contributed by atoms with van der Waals surface area (Å²) in [6.45, 7) is 3.93. The highest BCUT2D eigenvalue weighted by molar-refractivity contribution is 9.11. The number of rotatable bonds is 4. The topological polar surface area (TPSA) is 32.3 Å². The largest absolute Gasteiger partial charge is 0.335 e. The minimum Gasteiger partial charge on any atom is -0.335 e. The molecule has 2 heterocycles. The predicted octanol–water partition coefficient (Wildman–Crippen LogP) is 3.39. The average Bonchev–Trinajstić information content (AvgIpc) is 3.19. The lowest BCUT2D eigenvalue weighted by molar-refractivity contribution is -0.138. The molecule has 0 unspecified atom stereocenters. The van der Waals surface area contributed by atoms with E-state index in [1.807, 2.05) is 0 Å². The summed E-state index contributed by atoms with van der Waals surface area (Å²) in [7, 11) is 0. The second kappa shape index (κ2) is 6.16. The van der Waals surface area contributed by atoms with Crippen molar-refractivity contribution in [3.05, 3.63) is 20.8 Å². The average molecular weight is 357 g/mol. The van der Waals surface area contributed by atoms with Crippen LogP contribution in [0.3, 0.4) is 0 Å². The van der Waals surface area contributed by atoms with Gasteiger partial charge in [-0.25, -0.2) is 0 Å². The van der Waals surface area contributed by atoms with Crippen molar-refractivity contribution >= 4 is 33.2 Å². The van der Waals surface area contributed by atoms with Crippen molar-refractivity contribution in [2.75, 3.05) is 6.54 Å². The fraction of sp³-hybridized carbons (Fsp3) is 0.667. The molecule has 0 radical (unpaired) electrons. The van der Waals surface area contributed by atoms with Crippen molar-refractivity contribution in [2.24, 2.45) is 5.92 Å². The molecule has 1 aromatic rings. The van der Waals surface area contributed by atoms with Crippen LogP contribution in [0.1, 0.15) is 38.2 Å². The van der Waals surface area contributed by atoms with Gasteiger partial charge in [-0.3, -0.25) is 4.79 Å². The highest BCUT2D eigenvalue weighted by Gasteiger charge is 2.37. The molecule has 1 aliphatic carbocycles. The third-order valence-electron chi connectivity index (χ3n) is 4.22. The van der Waals surface area contributed by atoms with Crippen molar-refractivity contribution < 1.29 is 4.79 Å². The van der Waals surface area contributed by atoms with Crippen LogP contribution in [-0.2, 0) is 11.3 Å². The molecular formula is C15H21BrN2OS. The molecule has 1 amide bonds. The van der Waals surface area contributed by atoms with E-state index in [2.05, 4.69) is 44.5 Å². The Hall–Kier alpha value is -0.390. The zero-order valence-electron chi connectivity index (χ0n) is 11.8. The Morgan fingerprint density at radius 3 is 2.90 bits per heavy atom. The second-order valence-corrected chi connectivity index (χ2v) is 8.32. The summed E-state index contributed by atoms with van der Waals surface area (Å²) in [6.07, 6.45) is 4.32. The van der Waals surface area contributed by atoms with Crippen LogP contribution in [0.4, 0.5) is 0 Å². The number of halogens is 1. The minimum atomic E-state index is 0.217. The Bertz CT molecular complexity index is 486. The summed E-state index contributed by atoms with van der Waals surface area (Å²) >= 11 is 5.20. The molecule has 1 aliphatic heterocycles. The first-order chi connectivity index (χ1) is 9.63. The molecular weight excluding hydrogens is 336 g/mol. The normalized spacial score (nSPS) is 26.5. The highest BCUT2D eigenvalue weighted by Crippen LogP contribution is 2.33. The van der Waals surface area contributed by atoms with E-state index >= 15 is 0 Å². The standard InChI is InChI=1S/C15H21BrN2OS/c1-10-6-12(4-5-17-10)15(19)18(13-2-3-13)8-11-7-14(16)20-9-11/h7,9-10,12-13,17H,2-6,8H2,1H3/t10-,12-/m0/s1. The molecule has 1 saturated carbocycles. The lowest BCUT2D eigenvalue weighted by Crippen LogP contribution is -2.44. The summed E-state index contributed by atoms with van der Waals surface area (Å²) < 4.78 is 1.14. The van der Waals surface area contributed by atoms with Crippen molar-refractivity contribution in [2.45, 2.75) is 51.2 Å². The fourth-order valence-corrected chi connectivity index (χ4v) is 4.19. The van der Waals surface area contributed by atoms with E-state index in [0.717, 1.165) is 29.7 Å². The van der Waals surface area contributed by atoms with Gasteiger partial charge in [0.2, 0.25) is 5.91 Å². The van der Waals surface area contributed by atoms with Gasteiger partial charge in [-0.15, -0.1) is 11.3 Å². The van der Waals surface area contributed by atoms with Crippen LogP contribution in [0, 0.1) is 5.92 Å². The van der Waals surface area contributed by atoms with Crippen molar-refractivity contribution in [1.29, 1.82) is 0 Å². The minimum absolute atomic E-state index is 0.217. The van der Waals surface area contributed by atoms with Gasteiger partial charge in [0, 0.05) is 24.5 Å². The second-order valence-electron chi connectivity index (χ2n) is 6.03. The molecule has 110 valence electrons. The summed E-state index contributed by atoms with van der Waals surface area (Å²) in [5.41, 5.74) is 1.25. The Balaban J connectivity index is 1.68. The molecule has 0 bridgehead atoms. The van der Waals surface area contributed by atoms with Gasteiger partial charge in [0.1, 0.15) is 0 Å². The maximum absolute atomic E-state index is 12.8. The SMILES string of the molecule is C[C@H]1C[C@@H](C(=O)N(Cc2csc(Br)c2)C2CC2)CCN1. The number of amides is 1. The third kappa shape index (κ3) is 3.43. The Morgan fingerprint density at radius 1 is 1.50 bits per heavy atom. The molecule has 3 nitrogen and oxygen atoms in total. The molecule has 2 atom stereocenters. The summed E-state index contributed by atoms with van der Waals surface area (Å²) in [6, 6.07) is 3.10. The number of hydrogen-bond donors (Lipinski definition) is 1. The molecule has 1 N–H and O–H groups in total. The van der Waals surface area contributed by atoms with Crippen LogP contribution in [0.15, 0.2) is 15.2 Å². The monoisotopic (exact) mass is 356 g/mol. The first kappa shape index (κ1) is 14.5. The molecule has 1 saturated heterocycles. The maximum atomic E-state index is 12.8. The smallest absolute Gasteiger partial charge is 0.226 e. The first-order valence-electron chi connectivity index (χ1n) is 7.40. The number of nitrogens with one attached hydrogen (secondary N) is 1. The summed E-state index contributed by atoms with van der Waals surface area (Å²) in [5.74, 6) is 0.595. The van der Waals surface area contributed by atoms with Crippen LogP contribution < -0.4 is 5.32 Å². The van der Waals surface area contributed by atoms with E-state index in [-0.39, 0.29) is 5.92 Å². The van der Waals surface area contributed by atoms with Crippen LogP contribution in [0.2, 0.25) is 0 Å². The molecule has 20 heavy (non-hydrogen) atoms. The Morgan fingerprint density at radius 2 is 2.30 bits per heavy atom. The number of carbonyl (C=O) groups excluding carboxylic acids is 1. The molecule has 2 fully saturated rings. The van der Waals surface area contributed by atoms with Gasteiger partial charge < -0.3 is 10.2 Å². The third-order valence-corrected chi connectivity index (χ3v) is 5.77. The van der Waals surface area contributed by atoms with E-state index in [0.29, 0.717) is 18.0 Å². The van der Waals surface area contributed by atoms with Crippen LogP contribution >= 0.6 is 27.3 Å². The molecule has 1 aromatic heterocycles. The van der Waals surface area contributed by atoms with Crippen molar-refractivity contribution in [3.63, 3.8) is 0 Å². The summed E-state index contributed by atoms with van der Waals surface area (Å²) in [5, 5.41) is 5.58. The quantitative estimate of drug-likeness (QED) is 0.896. The van der Waals surface area contributed by atoms with E-state index in [4.69, 9.17) is 0 Å². The number of thiophene rings is 1. The van der Waals surface area contributed by atoms with Gasteiger partial charge >= 0.3 is 0 Å². The molecule has 5 heteroatoms. The number of hydrogen-bond acceptors (Lipinski definition) is 3. The maximum Gasteiger partial charge on any atom is 0.226 e. The van der Waals surface area contributed by atoms with Gasteiger partial charge in [-0.1, -0.05) is 0 Å². The van der Waals surface area contributed by atoms with Crippen LogP contribution in [-0.4, -0.2) is 29.4 Å². The first-order valence-corrected chi connectivity index (χ1v) is 9.07. The molecule has 0 aromatic carbocycles. The number of carbonyl (C=O) groups is 1. The van der Waals surface area contributed by atoms with Crippen molar-refractivity contribution in [1.82, 2.24) is 10.2 Å². The van der Waals surface area contributed by atoms with Gasteiger partial charge in [-0.05, 0) is 72.1 Å². The lowest BCUT2D eigenvalue weighted by Gasteiger charge is -2.32. The zero-order chi connectivity index (χ0) is 14.1.